The molecule has 4 nitrogen and oxygen atoms in total. The van der Waals surface area contributed by atoms with E-state index >= 15 is 0 Å². The number of nitrogens with zero attached hydrogens (tertiary/aromatic N) is 2. The van der Waals surface area contributed by atoms with E-state index in [1.165, 1.54) is 29.7 Å². The molecule has 2 aromatic rings. The van der Waals surface area contributed by atoms with Crippen LogP contribution in [-0.2, 0) is 6.42 Å². The van der Waals surface area contributed by atoms with Crippen LogP contribution in [0.4, 0.5) is 0 Å². The van der Waals surface area contributed by atoms with Crippen LogP contribution in [0.3, 0.4) is 0 Å². The third kappa shape index (κ3) is 2.98. The second-order valence-corrected chi connectivity index (χ2v) is 7.85. The van der Waals surface area contributed by atoms with Gasteiger partial charge in [-0.15, -0.1) is 11.3 Å². The maximum Gasteiger partial charge on any atom is 0.261 e. The second-order valence-electron chi connectivity index (χ2n) is 6.94. The van der Waals surface area contributed by atoms with E-state index in [2.05, 4.69) is 21.3 Å². The Morgan fingerprint density at radius 3 is 2.88 bits per heavy atom. The van der Waals surface area contributed by atoms with Gasteiger partial charge in [0, 0.05) is 24.5 Å². The van der Waals surface area contributed by atoms with Crippen molar-refractivity contribution in [3.8, 4) is 0 Å². The highest BCUT2D eigenvalue weighted by atomic mass is 32.1. The van der Waals surface area contributed by atoms with Gasteiger partial charge in [0.15, 0.2) is 0 Å². The molecule has 2 unspecified atom stereocenters. The molecule has 2 atom stereocenters. The number of thiophene rings is 1. The van der Waals surface area contributed by atoms with Crippen molar-refractivity contribution < 1.29 is 4.79 Å². The van der Waals surface area contributed by atoms with Crippen molar-refractivity contribution in [2.45, 2.75) is 38.3 Å². The lowest BCUT2D eigenvalue weighted by molar-refractivity contribution is 0.0136. The number of piperidine rings is 3. The van der Waals surface area contributed by atoms with E-state index in [0.717, 1.165) is 30.0 Å². The first-order valence-corrected chi connectivity index (χ1v) is 9.58. The lowest BCUT2D eigenvalue weighted by Crippen LogP contribution is -2.64. The number of pyridine rings is 1. The Kier molecular flexibility index (Phi) is 4.37. The third-order valence-electron chi connectivity index (χ3n) is 5.50. The fourth-order valence-corrected chi connectivity index (χ4v) is 5.03. The van der Waals surface area contributed by atoms with E-state index in [1.807, 2.05) is 36.8 Å². The van der Waals surface area contributed by atoms with E-state index in [0.29, 0.717) is 12.0 Å². The standard InChI is InChI=1S/C19H23N3OS/c1-13-6-10-24-18(13)19(23)21-17-15-4-8-22(9-5-15)16(17)11-14-3-2-7-20-12-14/h2-3,6-7,10,12,15-17H,4-5,8-9,11H2,1H3,(H,21,23). The van der Waals surface area contributed by atoms with Crippen molar-refractivity contribution in [3.63, 3.8) is 0 Å². The van der Waals surface area contributed by atoms with Gasteiger partial charge in [0.2, 0.25) is 0 Å². The van der Waals surface area contributed by atoms with Crippen LogP contribution >= 0.6 is 11.3 Å². The second kappa shape index (κ2) is 6.65. The lowest BCUT2D eigenvalue weighted by Gasteiger charge is -2.51. The zero-order valence-electron chi connectivity index (χ0n) is 13.9. The first kappa shape index (κ1) is 15.8. The van der Waals surface area contributed by atoms with E-state index < -0.39 is 0 Å². The molecule has 1 N–H and O–H groups in total. The third-order valence-corrected chi connectivity index (χ3v) is 6.51. The van der Waals surface area contributed by atoms with Gasteiger partial charge in [-0.1, -0.05) is 6.07 Å². The number of fused-ring (bicyclic) bond motifs is 3. The molecule has 0 spiro atoms. The van der Waals surface area contributed by atoms with Crippen molar-refractivity contribution in [3.05, 3.63) is 52.0 Å². The molecule has 0 radical (unpaired) electrons. The average Bonchev–Trinajstić information content (AvgIpc) is 3.05. The molecule has 0 saturated carbocycles. The van der Waals surface area contributed by atoms with Crippen LogP contribution in [0, 0.1) is 12.8 Å². The van der Waals surface area contributed by atoms with Crippen molar-refractivity contribution in [2.75, 3.05) is 13.1 Å². The predicted molar refractivity (Wildman–Crippen MR) is 96.3 cm³/mol. The zero-order chi connectivity index (χ0) is 16.5. The Hall–Kier alpha value is -1.72. The lowest BCUT2D eigenvalue weighted by atomic mass is 9.76. The molecule has 0 aliphatic carbocycles. The van der Waals surface area contributed by atoms with Crippen LogP contribution in [0.15, 0.2) is 36.0 Å². The van der Waals surface area contributed by atoms with E-state index in [9.17, 15) is 4.79 Å². The molecule has 3 aliphatic rings. The smallest absolute Gasteiger partial charge is 0.261 e. The monoisotopic (exact) mass is 341 g/mol. The summed E-state index contributed by atoms with van der Waals surface area (Å²) in [4.78, 5) is 20.4. The number of rotatable bonds is 4. The SMILES string of the molecule is Cc1ccsc1C(=O)NC1C2CCN(CC2)C1Cc1cccnc1. The van der Waals surface area contributed by atoms with Crippen LogP contribution < -0.4 is 5.32 Å². The van der Waals surface area contributed by atoms with Gasteiger partial charge in [0.1, 0.15) is 0 Å². The van der Waals surface area contributed by atoms with Crippen LogP contribution in [0.25, 0.3) is 0 Å². The summed E-state index contributed by atoms with van der Waals surface area (Å²) >= 11 is 1.54. The first-order chi connectivity index (χ1) is 11.7. The molecule has 1 amide bonds. The Balaban J connectivity index is 1.54. The van der Waals surface area contributed by atoms with E-state index in [4.69, 9.17) is 0 Å². The van der Waals surface area contributed by atoms with Gasteiger partial charge in [-0.3, -0.25) is 14.7 Å². The summed E-state index contributed by atoms with van der Waals surface area (Å²) in [7, 11) is 0. The summed E-state index contributed by atoms with van der Waals surface area (Å²) < 4.78 is 0. The molecule has 3 fully saturated rings. The number of carbonyl (C=O) groups excluding carboxylic acids is 1. The molecule has 5 heteroatoms. The van der Waals surface area contributed by atoms with Gasteiger partial charge < -0.3 is 5.32 Å². The minimum Gasteiger partial charge on any atom is -0.347 e. The van der Waals surface area contributed by atoms with Gasteiger partial charge in [-0.2, -0.15) is 0 Å². The van der Waals surface area contributed by atoms with Crippen LogP contribution in [0.5, 0.6) is 0 Å². The highest BCUT2D eigenvalue weighted by Crippen LogP contribution is 2.34. The molecule has 2 aromatic heterocycles. The van der Waals surface area contributed by atoms with Crippen LogP contribution in [0.1, 0.15) is 33.6 Å². The fourth-order valence-electron chi connectivity index (χ4n) is 4.20. The summed E-state index contributed by atoms with van der Waals surface area (Å²) in [5, 5.41) is 5.37. The van der Waals surface area contributed by atoms with Gasteiger partial charge >= 0.3 is 0 Å². The number of hydrogen-bond donors (Lipinski definition) is 1. The van der Waals surface area contributed by atoms with Gasteiger partial charge in [-0.25, -0.2) is 0 Å². The van der Waals surface area contributed by atoms with Gasteiger partial charge in [0.05, 0.1) is 4.88 Å². The van der Waals surface area contributed by atoms with Crippen molar-refractivity contribution in [2.24, 2.45) is 5.92 Å². The molecule has 5 heterocycles. The molecule has 0 aromatic carbocycles. The molecular weight excluding hydrogens is 318 g/mol. The van der Waals surface area contributed by atoms with Crippen LogP contribution in [-0.4, -0.2) is 41.0 Å². The quantitative estimate of drug-likeness (QED) is 0.930. The van der Waals surface area contributed by atoms with E-state index in [1.54, 1.807) is 0 Å². The molecule has 126 valence electrons. The first-order valence-electron chi connectivity index (χ1n) is 8.70. The molecule has 5 rings (SSSR count). The highest BCUT2D eigenvalue weighted by molar-refractivity contribution is 7.12. The molecule has 24 heavy (non-hydrogen) atoms. The van der Waals surface area contributed by atoms with Gasteiger partial charge in [0.25, 0.3) is 5.91 Å². The van der Waals surface area contributed by atoms with E-state index in [-0.39, 0.29) is 11.9 Å². The number of amides is 1. The normalized spacial score (nSPS) is 28.7. The van der Waals surface area contributed by atoms with Crippen molar-refractivity contribution in [1.82, 2.24) is 15.2 Å². The summed E-state index contributed by atoms with van der Waals surface area (Å²) in [6.45, 7) is 4.31. The molecule has 3 aliphatic heterocycles. The number of carbonyl (C=O) groups is 1. The maximum atomic E-state index is 12.7. The topological polar surface area (TPSA) is 45.2 Å². The molecule has 3 saturated heterocycles. The summed E-state index contributed by atoms with van der Waals surface area (Å²) in [6, 6.07) is 6.77. The Morgan fingerprint density at radius 2 is 2.21 bits per heavy atom. The van der Waals surface area contributed by atoms with Crippen LogP contribution in [0.2, 0.25) is 0 Å². The average molecular weight is 341 g/mol. The number of aryl methyl sites for hydroxylation is 1. The highest BCUT2D eigenvalue weighted by Gasteiger charge is 2.42. The van der Waals surface area contributed by atoms with Gasteiger partial charge in [-0.05, 0) is 73.8 Å². The minimum atomic E-state index is 0.0948. The summed E-state index contributed by atoms with van der Waals surface area (Å²) in [5.74, 6) is 0.693. The fraction of sp³-hybridized carbons (Fsp3) is 0.474. The minimum absolute atomic E-state index is 0.0948. The molecule has 2 bridgehead atoms. The zero-order valence-corrected chi connectivity index (χ0v) is 14.8. The summed E-state index contributed by atoms with van der Waals surface area (Å²) in [5.41, 5.74) is 2.32. The van der Waals surface area contributed by atoms with Crippen molar-refractivity contribution >= 4 is 17.2 Å². The summed E-state index contributed by atoms with van der Waals surface area (Å²) in [6.07, 6.45) is 7.11. The number of aromatic nitrogens is 1. The molecular formula is C19H23N3OS. The maximum absolute atomic E-state index is 12.7. The number of nitrogens with one attached hydrogen (secondary N) is 1. The predicted octanol–water partition coefficient (Wildman–Crippen LogP) is 2.89. The Bertz CT molecular complexity index is 706. The Labute approximate surface area is 146 Å². The number of hydrogen-bond acceptors (Lipinski definition) is 4. The Morgan fingerprint density at radius 1 is 1.38 bits per heavy atom. The largest absolute Gasteiger partial charge is 0.347 e. The van der Waals surface area contributed by atoms with Crippen molar-refractivity contribution in [1.29, 1.82) is 0 Å².